The van der Waals surface area contributed by atoms with E-state index in [1.54, 1.807) is 6.20 Å². The first-order valence-electron chi connectivity index (χ1n) is 4.91. The van der Waals surface area contributed by atoms with Crippen molar-refractivity contribution in [2.45, 2.75) is 38.7 Å². The molecule has 0 spiro atoms. The molecule has 0 saturated heterocycles. The molecule has 13 heavy (non-hydrogen) atoms. The Morgan fingerprint density at radius 1 is 1.77 bits per heavy atom. The molecule has 1 saturated carbocycles. The van der Waals surface area contributed by atoms with E-state index in [0.29, 0.717) is 5.92 Å². The van der Waals surface area contributed by atoms with E-state index in [1.165, 1.54) is 0 Å². The molecule has 0 bridgehead atoms. The summed E-state index contributed by atoms with van der Waals surface area (Å²) in [6.45, 7) is 4.14. The van der Waals surface area contributed by atoms with Crippen LogP contribution in [0, 0.1) is 12.8 Å². The molecule has 0 aromatic carbocycles. The smallest absolute Gasteiger partial charge is 0.109 e. The standard InChI is InChI=1S/C10H16N2O/c1-3-4-8-5-10(8,13)9-7(2)6-11-12-9/h6,8,13H,3-5H2,1-2H3,(H,11,12). The van der Waals surface area contributed by atoms with Gasteiger partial charge in [0.25, 0.3) is 0 Å². The normalized spacial score (nSPS) is 32.1. The highest BCUT2D eigenvalue weighted by atomic mass is 16.3. The van der Waals surface area contributed by atoms with E-state index in [4.69, 9.17) is 0 Å². The second kappa shape index (κ2) is 2.84. The molecule has 2 N–H and O–H groups in total. The predicted octanol–water partition coefficient (Wildman–Crippen LogP) is 1.73. The van der Waals surface area contributed by atoms with Crippen LogP contribution in [-0.2, 0) is 5.60 Å². The predicted molar refractivity (Wildman–Crippen MR) is 50.2 cm³/mol. The highest BCUT2D eigenvalue weighted by Gasteiger charge is 2.55. The van der Waals surface area contributed by atoms with Crippen molar-refractivity contribution in [3.8, 4) is 0 Å². The van der Waals surface area contributed by atoms with Crippen LogP contribution >= 0.6 is 0 Å². The van der Waals surface area contributed by atoms with Gasteiger partial charge in [0, 0.05) is 0 Å². The van der Waals surface area contributed by atoms with Gasteiger partial charge in [0.2, 0.25) is 0 Å². The summed E-state index contributed by atoms with van der Waals surface area (Å²) < 4.78 is 0. The number of aliphatic hydroxyl groups is 1. The summed E-state index contributed by atoms with van der Waals surface area (Å²) in [5.41, 5.74) is 1.41. The molecule has 3 heteroatoms. The quantitative estimate of drug-likeness (QED) is 0.744. The lowest BCUT2D eigenvalue weighted by atomic mass is 10.1. The van der Waals surface area contributed by atoms with Crippen LogP contribution in [0.2, 0.25) is 0 Å². The maximum Gasteiger partial charge on any atom is 0.109 e. The van der Waals surface area contributed by atoms with Crippen molar-refractivity contribution in [3.05, 3.63) is 17.5 Å². The lowest BCUT2D eigenvalue weighted by Gasteiger charge is -2.08. The Hall–Kier alpha value is -0.830. The summed E-state index contributed by atoms with van der Waals surface area (Å²) >= 11 is 0. The second-order valence-corrected chi connectivity index (χ2v) is 4.04. The summed E-state index contributed by atoms with van der Waals surface area (Å²) in [6.07, 6.45) is 4.91. The Bertz CT molecular complexity index is 308. The summed E-state index contributed by atoms with van der Waals surface area (Å²) in [6, 6.07) is 0. The Kier molecular flexibility index (Phi) is 1.91. The van der Waals surface area contributed by atoms with Crippen LogP contribution in [0.15, 0.2) is 6.20 Å². The van der Waals surface area contributed by atoms with E-state index in [2.05, 4.69) is 17.1 Å². The minimum absolute atomic E-state index is 0.441. The molecule has 2 rings (SSSR count). The fourth-order valence-electron chi connectivity index (χ4n) is 2.10. The zero-order valence-electron chi connectivity index (χ0n) is 8.17. The molecule has 0 amide bonds. The molecule has 3 nitrogen and oxygen atoms in total. The molecule has 1 aliphatic rings. The molecule has 1 fully saturated rings. The molecule has 1 heterocycles. The maximum absolute atomic E-state index is 10.2. The third kappa shape index (κ3) is 1.27. The van der Waals surface area contributed by atoms with E-state index < -0.39 is 5.60 Å². The molecule has 1 aromatic rings. The van der Waals surface area contributed by atoms with Crippen molar-refractivity contribution < 1.29 is 5.11 Å². The van der Waals surface area contributed by atoms with E-state index in [1.807, 2.05) is 6.92 Å². The van der Waals surface area contributed by atoms with Crippen LogP contribution in [-0.4, -0.2) is 15.3 Å². The summed E-state index contributed by atoms with van der Waals surface area (Å²) in [7, 11) is 0. The lowest BCUT2D eigenvalue weighted by Crippen LogP contribution is -2.10. The second-order valence-electron chi connectivity index (χ2n) is 4.04. The Balaban J connectivity index is 2.15. The minimum atomic E-state index is -0.587. The van der Waals surface area contributed by atoms with Gasteiger partial charge >= 0.3 is 0 Å². The van der Waals surface area contributed by atoms with E-state index in [-0.39, 0.29) is 0 Å². The maximum atomic E-state index is 10.2. The summed E-state index contributed by atoms with van der Waals surface area (Å²) in [4.78, 5) is 0. The number of nitrogens with zero attached hydrogens (tertiary/aromatic N) is 1. The van der Waals surface area contributed by atoms with Gasteiger partial charge in [-0.3, -0.25) is 5.10 Å². The van der Waals surface area contributed by atoms with Gasteiger partial charge in [-0.05, 0) is 31.2 Å². The van der Waals surface area contributed by atoms with E-state index >= 15 is 0 Å². The number of aromatic nitrogens is 2. The first-order valence-corrected chi connectivity index (χ1v) is 4.91. The number of hydrogen-bond acceptors (Lipinski definition) is 2. The minimum Gasteiger partial charge on any atom is -0.383 e. The average Bonchev–Trinajstić information content (AvgIpc) is 2.56. The zero-order chi connectivity index (χ0) is 9.47. The molecule has 0 radical (unpaired) electrons. The van der Waals surface area contributed by atoms with Crippen LogP contribution in [0.1, 0.15) is 37.4 Å². The average molecular weight is 180 g/mol. The van der Waals surface area contributed by atoms with Crippen LogP contribution in [0.5, 0.6) is 0 Å². The van der Waals surface area contributed by atoms with Gasteiger partial charge in [-0.25, -0.2) is 0 Å². The molecule has 1 aliphatic carbocycles. The molecule has 0 aliphatic heterocycles. The largest absolute Gasteiger partial charge is 0.383 e. The van der Waals surface area contributed by atoms with Crippen LogP contribution < -0.4 is 0 Å². The van der Waals surface area contributed by atoms with Crippen molar-refractivity contribution >= 4 is 0 Å². The summed E-state index contributed by atoms with van der Waals surface area (Å²) in [5.74, 6) is 0.441. The van der Waals surface area contributed by atoms with Gasteiger partial charge in [0.15, 0.2) is 0 Å². The molecule has 2 unspecified atom stereocenters. The van der Waals surface area contributed by atoms with Crippen molar-refractivity contribution in [1.29, 1.82) is 0 Å². The van der Waals surface area contributed by atoms with Crippen LogP contribution in [0.4, 0.5) is 0 Å². The van der Waals surface area contributed by atoms with E-state index in [9.17, 15) is 5.11 Å². The van der Waals surface area contributed by atoms with E-state index in [0.717, 1.165) is 30.5 Å². The Morgan fingerprint density at radius 2 is 2.54 bits per heavy atom. The Labute approximate surface area is 78.2 Å². The molecular formula is C10H16N2O. The molecular weight excluding hydrogens is 164 g/mol. The highest BCUT2D eigenvalue weighted by molar-refractivity contribution is 5.28. The molecule has 1 aromatic heterocycles. The zero-order valence-corrected chi connectivity index (χ0v) is 8.17. The van der Waals surface area contributed by atoms with Gasteiger partial charge in [-0.1, -0.05) is 13.3 Å². The first kappa shape index (κ1) is 8.75. The molecule has 2 atom stereocenters. The first-order chi connectivity index (χ1) is 6.18. The van der Waals surface area contributed by atoms with Gasteiger partial charge < -0.3 is 5.11 Å². The SMILES string of the molecule is CCCC1CC1(O)c1[nH]ncc1C. The fourth-order valence-corrected chi connectivity index (χ4v) is 2.10. The third-order valence-electron chi connectivity index (χ3n) is 2.97. The molecule has 72 valence electrons. The van der Waals surface area contributed by atoms with Crippen molar-refractivity contribution in [2.24, 2.45) is 5.92 Å². The van der Waals surface area contributed by atoms with Crippen molar-refractivity contribution in [2.75, 3.05) is 0 Å². The number of hydrogen-bond donors (Lipinski definition) is 2. The Morgan fingerprint density at radius 3 is 3.08 bits per heavy atom. The monoisotopic (exact) mass is 180 g/mol. The van der Waals surface area contributed by atoms with Gasteiger partial charge in [0.05, 0.1) is 11.9 Å². The number of nitrogens with one attached hydrogen (secondary N) is 1. The number of aryl methyl sites for hydroxylation is 1. The number of H-pyrrole nitrogens is 1. The van der Waals surface area contributed by atoms with Crippen molar-refractivity contribution in [1.82, 2.24) is 10.2 Å². The van der Waals surface area contributed by atoms with Gasteiger partial charge in [-0.2, -0.15) is 5.10 Å². The number of aromatic amines is 1. The fraction of sp³-hybridized carbons (Fsp3) is 0.700. The van der Waals surface area contributed by atoms with Crippen molar-refractivity contribution in [3.63, 3.8) is 0 Å². The lowest BCUT2D eigenvalue weighted by molar-refractivity contribution is 0.123. The van der Waals surface area contributed by atoms with Gasteiger partial charge in [-0.15, -0.1) is 0 Å². The summed E-state index contributed by atoms with van der Waals surface area (Å²) in [5, 5.41) is 17.0. The van der Waals surface area contributed by atoms with Crippen LogP contribution in [0.25, 0.3) is 0 Å². The highest BCUT2D eigenvalue weighted by Crippen LogP contribution is 2.54. The third-order valence-corrected chi connectivity index (χ3v) is 2.97. The van der Waals surface area contributed by atoms with Crippen LogP contribution in [0.3, 0.4) is 0 Å². The van der Waals surface area contributed by atoms with Gasteiger partial charge in [0.1, 0.15) is 5.60 Å². The topological polar surface area (TPSA) is 48.9 Å². The number of rotatable bonds is 3.